The Bertz CT molecular complexity index is 570. The minimum atomic E-state index is -3.63. The molecular weight excluding hydrogens is 290 g/mol. The third-order valence-corrected chi connectivity index (χ3v) is 5.19. The Morgan fingerprint density at radius 2 is 1.81 bits per heavy atom. The van der Waals surface area contributed by atoms with Crippen molar-refractivity contribution in [1.82, 2.24) is 19.4 Å². The zero-order valence-electron chi connectivity index (χ0n) is 13.7. The van der Waals surface area contributed by atoms with Gasteiger partial charge in [-0.05, 0) is 34.6 Å². The predicted octanol–water partition coefficient (Wildman–Crippen LogP) is 0.708. The molecule has 8 heteroatoms. The van der Waals surface area contributed by atoms with E-state index in [9.17, 15) is 8.42 Å². The third-order valence-electron chi connectivity index (χ3n) is 3.56. The molecule has 0 fully saturated rings. The molecule has 0 radical (unpaired) electrons. The van der Waals surface area contributed by atoms with Crippen LogP contribution in [-0.4, -0.2) is 48.3 Å². The van der Waals surface area contributed by atoms with Crippen molar-refractivity contribution in [3.63, 3.8) is 0 Å². The molecule has 0 aromatic carbocycles. The summed E-state index contributed by atoms with van der Waals surface area (Å²) in [6.45, 7) is 11.1. The van der Waals surface area contributed by atoms with Gasteiger partial charge in [0.1, 0.15) is 4.90 Å². The quantitative estimate of drug-likeness (QED) is 0.772. The Balaban J connectivity index is 2.78. The highest BCUT2D eigenvalue weighted by molar-refractivity contribution is 7.89. The second-order valence-electron chi connectivity index (χ2n) is 5.75. The van der Waals surface area contributed by atoms with E-state index in [1.54, 1.807) is 14.0 Å². The summed E-state index contributed by atoms with van der Waals surface area (Å²) in [5, 5.41) is 3.94. The summed E-state index contributed by atoms with van der Waals surface area (Å²) in [5.41, 5.74) is 6.23. The van der Waals surface area contributed by atoms with Crippen LogP contribution in [0, 0.1) is 6.92 Å². The number of hydrogen-bond donors (Lipinski definition) is 2. The Morgan fingerprint density at radius 3 is 2.19 bits per heavy atom. The standard InChI is InChI=1S/C13H27N5O2S/c1-9(2)18(10(3)4)8-7-15-21(19,20)12-11(5)17(6)16-13(12)14/h9-10,15H,7-8H2,1-6H3,(H2,14,16). The molecule has 0 amide bonds. The molecule has 0 atom stereocenters. The zero-order chi connectivity index (χ0) is 16.4. The molecule has 1 aromatic heterocycles. The van der Waals surface area contributed by atoms with Crippen LogP contribution in [0.3, 0.4) is 0 Å². The molecule has 3 N–H and O–H groups in total. The first kappa shape index (κ1) is 17.9. The fourth-order valence-corrected chi connectivity index (χ4v) is 3.78. The second kappa shape index (κ2) is 6.76. The number of hydrogen-bond acceptors (Lipinski definition) is 5. The van der Waals surface area contributed by atoms with Crippen molar-refractivity contribution in [2.45, 2.75) is 51.6 Å². The van der Waals surface area contributed by atoms with Crippen molar-refractivity contribution in [2.75, 3.05) is 18.8 Å². The van der Waals surface area contributed by atoms with E-state index in [0.29, 0.717) is 30.9 Å². The smallest absolute Gasteiger partial charge is 0.246 e. The van der Waals surface area contributed by atoms with Crippen LogP contribution < -0.4 is 10.5 Å². The van der Waals surface area contributed by atoms with E-state index in [1.807, 2.05) is 0 Å². The van der Waals surface area contributed by atoms with Crippen LogP contribution in [0.1, 0.15) is 33.4 Å². The molecule has 0 aliphatic carbocycles. The molecule has 7 nitrogen and oxygen atoms in total. The molecule has 0 saturated heterocycles. The van der Waals surface area contributed by atoms with Crippen LogP contribution in [-0.2, 0) is 17.1 Å². The number of aryl methyl sites for hydroxylation is 1. The predicted molar refractivity (Wildman–Crippen MR) is 84.5 cm³/mol. The number of rotatable bonds is 7. The van der Waals surface area contributed by atoms with Crippen LogP contribution in [0.15, 0.2) is 4.90 Å². The number of nitrogen functional groups attached to an aromatic ring is 1. The number of nitrogens with two attached hydrogens (primary N) is 1. The maximum absolute atomic E-state index is 12.3. The average Bonchev–Trinajstić information content (AvgIpc) is 2.58. The summed E-state index contributed by atoms with van der Waals surface area (Å²) >= 11 is 0. The first-order valence-corrected chi connectivity index (χ1v) is 8.60. The van der Waals surface area contributed by atoms with Gasteiger partial charge in [0.2, 0.25) is 10.0 Å². The molecule has 21 heavy (non-hydrogen) atoms. The van der Waals surface area contributed by atoms with E-state index in [2.05, 4.69) is 42.4 Å². The number of nitrogens with one attached hydrogen (secondary N) is 1. The van der Waals surface area contributed by atoms with Crippen molar-refractivity contribution >= 4 is 15.8 Å². The number of anilines is 1. The van der Waals surface area contributed by atoms with Gasteiger partial charge in [0, 0.05) is 32.2 Å². The first-order valence-electron chi connectivity index (χ1n) is 7.12. The summed E-state index contributed by atoms with van der Waals surface area (Å²) in [5.74, 6) is 0.0343. The molecule has 0 saturated carbocycles. The van der Waals surface area contributed by atoms with Gasteiger partial charge in [-0.3, -0.25) is 9.58 Å². The molecule has 122 valence electrons. The molecule has 0 aliphatic rings. The van der Waals surface area contributed by atoms with Gasteiger partial charge in [-0.25, -0.2) is 13.1 Å². The lowest BCUT2D eigenvalue weighted by atomic mass is 10.2. The molecule has 1 heterocycles. The Hall–Kier alpha value is -1.12. The van der Waals surface area contributed by atoms with E-state index < -0.39 is 10.0 Å². The van der Waals surface area contributed by atoms with E-state index >= 15 is 0 Å². The summed E-state index contributed by atoms with van der Waals surface area (Å²) in [7, 11) is -1.96. The summed E-state index contributed by atoms with van der Waals surface area (Å²) in [6, 6.07) is 0.722. The van der Waals surface area contributed by atoms with Gasteiger partial charge in [0.05, 0.1) is 5.69 Å². The number of sulfonamides is 1. The SMILES string of the molecule is Cc1c(S(=O)(=O)NCCN(C(C)C)C(C)C)c(N)nn1C. The molecule has 0 bridgehead atoms. The first-order chi connectivity index (χ1) is 9.58. The highest BCUT2D eigenvalue weighted by Gasteiger charge is 2.24. The largest absolute Gasteiger partial charge is 0.381 e. The Kier molecular flexibility index (Phi) is 5.77. The minimum Gasteiger partial charge on any atom is -0.381 e. The lowest BCUT2D eigenvalue weighted by Crippen LogP contribution is -2.42. The fraction of sp³-hybridized carbons (Fsp3) is 0.769. The molecule has 1 aromatic rings. The van der Waals surface area contributed by atoms with Crippen LogP contribution in [0.2, 0.25) is 0 Å². The minimum absolute atomic E-state index is 0.0343. The van der Waals surface area contributed by atoms with E-state index in [4.69, 9.17) is 5.73 Å². The summed E-state index contributed by atoms with van der Waals surface area (Å²) < 4.78 is 28.8. The van der Waals surface area contributed by atoms with Crippen molar-refractivity contribution in [3.05, 3.63) is 5.69 Å². The van der Waals surface area contributed by atoms with Crippen molar-refractivity contribution in [2.24, 2.45) is 7.05 Å². The van der Waals surface area contributed by atoms with Crippen molar-refractivity contribution in [1.29, 1.82) is 0 Å². The van der Waals surface area contributed by atoms with Gasteiger partial charge in [-0.15, -0.1) is 0 Å². The van der Waals surface area contributed by atoms with Crippen LogP contribution in [0.5, 0.6) is 0 Å². The van der Waals surface area contributed by atoms with Gasteiger partial charge < -0.3 is 5.73 Å². The van der Waals surface area contributed by atoms with Gasteiger partial charge in [0.25, 0.3) is 0 Å². The average molecular weight is 317 g/mol. The van der Waals surface area contributed by atoms with Gasteiger partial charge in [0.15, 0.2) is 5.82 Å². The number of aromatic nitrogens is 2. The third kappa shape index (κ3) is 4.18. The monoisotopic (exact) mass is 317 g/mol. The molecule has 0 spiro atoms. The van der Waals surface area contributed by atoms with Crippen molar-refractivity contribution < 1.29 is 8.42 Å². The van der Waals surface area contributed by atoms with Crippen molar-refractivity contribution in [3.8, 4) is 0 Å². The molecule has 0 unspecified atom stereocenters. The highest BCUT2D eigenvalue weighted by atomic mass is 32.2. The number of nitrogens with zero attached hydrogens (tertiary/aromatic N) is 3. The summed E-state index contributed by atoms with van der Waals surface area (Å²) in [6.07, 6.45) is 0. The molecular formula is C13H27N5O2S. The van der Waals surface area contributed by atoms with E-state index in [1.165, 1.54) is 4.68 Å². The highest BCUT2D eigenvalue weighted by Crippen LogP contribution is 2.20. The second-order valence-corrected chi connectivity index (χ2v) is 7.45. The van der Waals surface area contributed by atoms with Gasteiger partial charge in [-0.2, -0.15) is 5.10 Å². The van der Waals surface area contributed by atoms with Crippen LogP contribution >= 0.6 is 0 Å². The molecule has 0 aliphatic heterocycles. The van der Waals surface area contributed by atoms with Crippen LogP contribution in [0.4, 0.5) is 5.82 Å². The Labute approximate surface area is 127 Å². The Morgan fingerprint density at radius 1 is 1.29 bits per heavy atom. The van der Waals surface area contributed by atoms with E-state index in [-0.39, 0.29) is 10.7 Å². The lowest BCUT2D eigenvalue weighted by molar-refractivity contribution is 0.179. The fourth-order valence-electron chi connectivity index (χ4n) is 2.44. The molecule has 1 rings (SSSR count). The lowest BCUT2D eigenvalue weighted by Gasteiger charge is -2.30. The zero-order valence-corrected chi connectivity index (χ0v) is 14.5. The summed E-state index contributed by atoms with van der Waals surface area (Å²) in [4.78, 5) is 2.30. The normalized spacial score (nSPS) is 12.8. The topological polar surface area (TPSA) is 93.2 Å². The van der Waals surface area contributed by atoms with Crippen LogP contribution in [0.25, 0.3) is 0 Å². The van der Waals surface area contributed by atoms with E-state index in [0.717, 1.165) is 0 Å². The van der Waals surface area contributed by atoms with Gasteiger partial charge >= 0.3 is 0 Å². The maximum atomic E-state index is 12.3. The van der Waals surface area contributed by atoms with Gasteiger partial charge in [-0.1, -0.05) is 0 Å². The maximum Gasteiger partial charge on any atom is 0.246 e.